The van der Waals surface area contributed by atoms with Gasteiger partial charge in [-0.05, 0) is 18.8 Å². The van der Waals surface area contributed by atoms with Crippen molar-refractivity contribution in [1.82, 2.24) is 4.98 Å². The predicted octanol–water partition coefficient (Wildman–Crippen LogP) is 0.996. The molecule has 5 nitrogen and oxygen atoms in total. The van der Waals surface area contributed by atoms with Gasteiger partial charge < -0.3 is 19.8 Å². The minimum atomic E-state index is 0.412. The van der Waals surface area contributed by atoms with Gasteiger partial charge in [-0.1, -0.05) is 0 Å². The normalized spacial score (nSPS) is 15.4. The third-order valence-electron chi connectivity index (χ3n) is 2.70. The number of ether oxygens (including phenoxy) is 1. The van der Waals surface area contributed by atoms with Crippen LogP contribution in [0.4, 0.5) is 6.01 Å². The minimum absolute atomic E-state index is 0.412. The SMILES string of the molecule is CN(CCOCC1CC1)c1nc(CN)co1. The van der Waals surface area contributed by atoms with E-state index in [-0.39, 0.29) is 0 Å². The Balaban J connectivity index is 1.67. The van der Waals surface area contributed by atoms with E-state index in [0.717, 1.165) is 24.8 Å². The molecular weight excluding hydrogens is 206 g/mol. The molecule has 1 heterocycles. The lowest BCUT2D eigenvalue weighted by Crippen LogP contribution is -2.23. The van der Waals surface area contributed by atoms with Gasteiger partial charge in [0.1, 0.15) is 6.26 Å². The maximum atomic E-state index is 5.55. The van der Waals surface area contributed by atoms with Crippen LogP contribution in [0.5, 0.6) is 0 Å². The van der Waals surface area contributed by atoms with Crippen LogP contribution < -0.4 is 10.6 Å². The monoisotopic (exact) mass is 225 g/mol. The molecule has 0 spiro atoms. The molecule has 2 N–H and O–H groups in total. The maximum Gasteiger partial charge on any atom is 0.297 e. The van der Waals surface area contributed by atoms with Crippen molar-refractivity contribution in [1.29, 1.82) is 0 Å². The molecule has 16 heavy (non-hydrogen) atoms. The fraction of sp³-hybridized carbons (Fsp3) is 0.727. The molecule has 0 saturated heterocycles. The molecule has 0 bridgehead atoms. The summed E-state index contributed by atoms with van der Waals surface area (Å²) in [6.07, 6.45) is 4.25. The Bertz CT molecular complexity index is 323. The fourth-order valence-corrected chi connectivity index (χ4v) is 1.40. The molecule has 0 aliphatic heterocycles. The van der Waals surface area contributed by atoms with Crippen LogP contribution in [0, 0.1) is 5.92 Å². The van der Waals surface area contributed by atoms with Crippen LogP contribution >= 0.6 is 0 Å². The maximum absolute atomic E-state index is 5.55. The molecule has 2 rings (SSSR count). The zero-order valence-electron chi connectivity index (χ0n) is 9.69. The van der Waals surface area contributed by atoms with E-state index < -0.39 is 0 Å². The van der Waals surface area contributed by atoms with Gasteiger partial charge in [0.2, 0.25) is 0 Å². The van der Waals surface area contributed by atoms with E-state index >= 15 is 0 Å². The van der Waals surface area contributed by atoms with Crippen LogP contribution in [-0.4, -0.2) is 31.8 Å². The number of rotatable bonds is 7. The van der Waals surface area contributed by atoms with Gasteiger partial charge in [0.15, 0.2) is 0 Å². The highest BCUT2D eigenvalue weighted by molar-refractivity contribution is 5.24. The molecule has 0 unspecified atom stereocenters. The second-order valence-corrected chi connectivity index (χ2v) is 4.27. The largest absolute Gasteiger partial charge is 0.432 e. The molecule has 1 aromatic heterocycles. The molecule has 0 atom stereocenters. The molecule has 90 valence electrons. The Morgan fingerprint density at radius 2 is 2.44 bits per heavy atom. The standard InChI is InChI=1S/C11H19N3O2/c1-14(4-5-15-7-9-2-3-9)11-13-10(6-12)8-16-11/h8-9H,2-7,12H2,1H3. The van der Waals surface area contributed by atoms with Crippen molar-refractivity contribution >= 4 is 6.01 Å². The van der Waals surface area contributed by atoms with Crippen molar-refractivity contribution < 1.29 is 9.15 Å². The first kappa shape index (κ1) is 11.4. The summed E-state index contributed by atoms with van der Waals surface area (Å²) in [7, 11) is 1.94. The third-order valence-corrected chi connectivity index (χ3v) is 2.70. The van der Waals surface area contributed by atoms with Crippen molar-refractivity contribution in [2.24, 2.45) is 11.7 Å². The number of nitrogens with two attached hydrogens (primary N) is 1. The smallest absolute Gasteiger partial charge is 0.297 e. The van der Waals surface area contributed by atoms with Crippen molar-refractivity contribution in [3.8, 4) is 0 Å². The van der Waals surface area contributed by atoms with E-state index in [1.54, 1.807) is 6.26 Å². The number of hydrogen-bond acceptors (Lipinski definition) is 5. The Hall–Kier alpha value is -1.07. The van der Waals surface area contributed by atoms with Gasteiger partial charge in [-0.2, -0.15) is 4.98 Å². The summed E-state index contributed by atoms with van der Waals surface area (Å²) in [6.45, 7) is 2.81. The van der Waals surface area contributed by atoms with E-state index in [4.69, 9.17) is 14.9 Å². The number of likely N-dealkylation sites (N-methyl/N-ethyl adjacent to an activating group) is 1. The van der Waals surface area contributed by atoms with Gasteiger partial charge >= 0.3 is 0 Å². The second-order valence-electron chi connectivity index (χ2n) is 4.27. The molecule has 0 aromatic carbocycles. The van der Waals surface area contributed by atoms with Crippen molar-refractivity contribution in [3.63, 3.8) is 0 Å². The number of aromatic nitrogens is 1. The average Bonchev–Trinajstić information content (AvgIpc) is 2.99. The first-order chi connectivity index (χ1) is 7.79. The van der Waals surface area contributed by atoms with Crippen LogP contribution in [0.1, 0.15) is 18.5 Å². The lowest BCUT2D eigenvalue weighted by Gasteiger charge is -2.14. The zero-order valence-corrected chi connectivity index (χ0v) is 9.69. The van der Waals surface area contributed by atoms with E-state index in [1.807, 2.05) is 11.9 Å². The highest BCUT2D eigenvalue weighted by Gasteiger charge is 2.21. The summed E-state index contributed by atoms with van der Waals surface area (Å²) in [6, 6.07) is 0.607. The van der Waals surface area contributed by atoms with Gasteiger partial charge in [-0.3, -0.25) is 0 Å². The van der Waals surface area contributed by atoms with Crippen LogP contribution in [0.25, 0.3) is 0 Å². The summed E-state index contributed by atoms with van der Waals surface area (Å²) in [5.41, 5.74) is 6.24. The van der Waals surface area contributed by atoms with Crippen molar-refractivity contribution in [3.05, 3.63) is 12.0 Å². The summed E-state index contributed by atoms with van der Waals surface area (Å²) >= 11 is 0. The average molecular weight is 225 g/mol. The molecule has 1 fully saturated rings. The van der Waals surface area contributed by atoms with E-state index in [1.165, 1.54) is 12.8 Å². The number of nitrogens with zero attached hydrogens (tertiary/aromatic N) is 2. The minimum Gasteiger partial charge on any atom is -0.432 e. The van der Waals surface area contributed by atoms with Gasteiger partial charge in [-0.15, -0.1) is 0 Å². The highest BCUT2D eigenvalue weighted by atomic mass is 16.5. The molecule has 1 saturated carbocycles. The highest BCUT2D eigenvalue weighted by Crippen LogP contribution is 2.28. The van der Waals surface area contributed by atoms with Crippen molar-refractivity contribution in [2.45, 2.75) is 19.4 Å². The first-order valence-electron chi connectivity index (χ1n) is 5.73. The Morgan fingerprint density at radius 3 is 3.06 bits per heavy atom. The topological polar surface area (TPSA) is 64.5 Å². The summed E-state index contributed by atoms with van der Waals surface area (Å²) < 4.78 is 10.8. The molecule has 0 radical (unpaired) electrons. The van der Waals surface area contributed by atoms with Crippen LogP contribution in [-0.2, 0) is 11.3 Å². The Labute approximate surface area is 95.6 Å². The van der Waals surface area contributed by atoms with Crippen LogP contribution in [0.15, 0.2) is 10.7 Å². The van der Waals surface area contributed by atoms with Gasteiger partial charge in [0.05, 0.1) is 12.3 Å². The van der Waals surface area contributed by atoms with Gasteiger partial charge in [-0.25, -0.2) is 0 Å². The van der Waals surface area contributed by atoms with E-state index in [0.29, 0.717) is 19.2 Å². The van der Waals surface area contributed by atoms with E-state index in [9.17, 15) is 0 Å². The molecule has 5 heteroatoms. The zero-order chi connectivity index (χ0) is 11.4. The fourth-order valence-electron chi connectivity index (χ4n) is 1.40. The van der Waals surface area contributed by atoms with Gasteiger partial charge in [0.25, 0.3) is 6.01 Å². The number of anilines is 1. The lowest BCUT2D eigenvalue weighted by atomic mass is 10.5. The molecule has 1 aromatic rings. The summed E-state index contributed by atoms with van der Waals surface area (Å²) in [5.74, 6) is 0.816. The van der Waals surface area contributed by atoms with Gasteiger partial charge in [0, 0.05) is 26.7 Å². The Morgan fingerprint density at radius 1 is 1.62 bits per heavy atom. The predicted molar refractivity (Wildman–Crippen MR) is 61.2 cm³/mol. The summed E-state index contributed by atoms with van der Waals surface area (Å²) in [5, 5.41) is 0. The first-order valence-corrected chi connectivity index (χ1v) is 5.73. The number of hydrogen-bond donors (Lipinski definition) is 1. The number of oxazole rings is 1. The molecular formula is C11H19N3O2. The van der Waals surface area contributed by atoms with Crippen LogP contribution in [0.3, 0.4) is 0 Å². The molecule has 1 aliphatic carbocycles. The Kier molecular flexibility index (Phi) is 3.79. The molecule has 1 aliphatic rings. The summed E-state index contributed by atoms with van der Waals surface area (Å²) in [4.78, 5) is 6.17. The van der Waals surface area contributed by atoms with Crippen LogP contribution in [0.2, 0.25) is 0 Å². The molecule has 0 amide bonds. The van der Waals surface area contributed by atoms with E-state index in [2.05, 4.69) is 4.98 Å². The van der Waals surface area contributed by atoms with Crippen molar-refractivity contribution in [2.75, 3.05) is 31.7 Å². The second kappa shape index (κ2) is 5.32. The third kappa shape index (κ3) is 3.21. The quantitative estimate of drug-likeness (QED) is 0.701. The lowest BCUT2D eigenvalue weighted by molar-refractivity contribution is 0.130.